The molecule has 2 aromatic rings. The average Bonchev–Trinajstić information content (AvgIpc) is 3.04. The van der Waals surface area contributed by atoms with Crippen molar-refractivity contribution in [1.82, 2.24) is 24.4 Å². The van der Waals surface area contributed by atoms with Crippen LogP contribution in [0, 0.1) is 11.8 Å². The Kier molecular flexibility index (Phi) is 4.53. The summed E-state index contributed by atoms with van der Waals surface area (Å²) in [5.41, 5.74) is 7.64. The highest BCUT2D eigenvalue weighted by Gasteiger charge is 2.43. The molecule has 2 aliphatic rings. The van der Waals surface area contributed by atoms with E-state index in [1.807, 2.05) is 28.8 Å². The number of carbonyl (C=O) groups excluding carboxylic acids is 1. The van der Waals surface area contributed by atoms with Crippen LogP contribution in [0.5, 0.6) is 0 Å². The number of rotatable bonds is 5. The van der Waals surface area contributed by atoms with Crippen LogP contribution >= 0.6 is 0 Å². The second-order valence-electron chi connectivity index (χ2n) is 7.01. The molecule has 0 radical (unpaired) electrons. The maximum absolute atomic E-state index is 12.4. The van der Waals surface area contributed by atoms with E-state index in [9.17, 15) is 9.90 Å². The minimum Gasteiger partial charge on any atom is -0.462 e. The molecule has 9 heteroatoms. The van der Waals surface area contributed by atoms with Gasteiger partial charge in [0.2, 0.25) is 5.95 Å². The van der Waals surface area contributed by atoms with Gasteiger partial charge in [0.1, 0.15) is 5.52 Å². The zero-order chi connectivity index (χ0) is 19.0. The van der Waals surface area contributed by atoms with Gasteiger partial charge >= 0.3 is 5.97 Å². The number of ether oxygens (including phenoxy) is 1. The number of anilines is 1. The summed E-state index contributed by atoms with van der Waals surface area (Å²) in [6.45, 7) is 0.288. The fraction of sp³-hybridized carbons (Fsp3) is 0.444. The number of hydrogen-bond acceptors (Lipinski definition) is 8. The van der Waals surface area contributed by atoms with E-state index in [1.165, 1.54) is 0 Å². The lowest BCUT2D eigenvalue weighted by Crippen LogP contribution is -2.43. The van der Waals surface area contributed by atoms with E-state index in [2.05, 4.69) is 15.0 Å². The Balaban J connectivity index is 1.48. The number of aliphatic hydroxyl groups excluding tert-OH is 1. The number of hydrogen-bond donors (Lipinski definition) is 2. The number of aromatic nitrogens is 4. The van der Waals surface area contributed by atoms with Crippen molar-refractivity contribution in [3.05, 3.63) is 36.6 Å². The van der Waals surface area contributed by atoms with Crippen LogP contribution in [0.2, 0.25) is 0 Å². The molecular weight excluding hydrogens is 348 g/mol. The van der Waals surface area contributed by atoms with Gasteiger partial charge in [0.15, 0.2) is 5.65 Å². The first-order valence-corrected chi connectivity index (χ1v) is 8.89. The highest BCUT2D eigenvalue weighted by atomic mass is 16.5. The van der Waals surface area contributed by atoms with E-state index >= 15 is 0 Å². The van der Waals surface area contributed by atoms with E-state index in [0.717, 1.165) is 6.42 Å². The lowest BCUT2D eigenvalue weighted by molar-refractivity contribution is -0.144. The molecule has 0 bridgehead atoms. The van der Waals surface area contributed by atoms with Crippen LogP contribution in [0.15, 0.2) is 36.6 Å². The molecule has 0 aromatic carbocycles. The van der Waals surface area contributed by atoms with Crippen molar-refractivity contribution >= 4 is 23.1 Å². The molecule has 3 N–H and O–H groups in total. The predicted molar refractivity (Wildman–Crippen MR) is 98.0 cm³/mol. The van der Waals surface area contributed by atoms with Crippen molar-refractivity contribution in [2.75, 3.05) is 26.0 Å². The first-order chi connectivity index (χ1) is 13.1. The molecule has 0 amide bonds. The Morgan fingerprint density at radius 2 is 2.30 bits per heavy atom. The molecule has 2 aromatic heterocycles. The van der Waals surface area contributed by atoms with Crippen molar-refractivity contribution < 1.29 is 14.6 Å². The normalized spacial score (nSPS) is 24.6. The Bertz CT molecular complexity index is 921. The van der Waals surface area contributed by atoms with Crippen LogP contribution in [0.1, 0.15) is 18.9 Å². The molecule has 3 heterocycles. The lowest BCUT2D eigenvalue weighted by atomic mass is 9.70. The molecule has 27 heavy (non-hydrogen) atoms. The summed E-state index contributed by atoms with van der Waals surface area (Å²) in [5, 5.41) is 9.64. The largest absolute Gasteiger partial charge is 0.462 e. The van der Waals surface area contributed by atoms with Gasteiger partial charge in [0, 0.05) is 38.2 Å². The fourth-order valence-corrected chi connectivity index (χ4v) is 3.73. The van der Waals surface area contributed by atoms with Gasteiger partial charge in [-0.05, 0) is 18.5 Å². The van der Waals surface area contributed by atoms with Gasteiger partial charge in [-0.2, -0.15) is 4.98 Å². The van der Waals surface area contributed by atoms with Gasteiger partial charge in [-0.25, -0.2) is 14.8 Å². The van der Waals surface area contributed by atoms with Crippen LogP contribution in [0.25, 0.3) is 11.2 Å². The zero-order valence-corrected chi connectivity index (χ0v) is 15.0. The third kappa shape index (κ3) is 3.25. The van der Waals surface area contributed by atoms with Crippen LogP contribution in [-0.4, -0.2) is 55.8 Å². The molecule has 1 aliphatic carbocycles. The predicted octanol–water partition coefficient (Wildman–Crippen LogP) is 0.854. The SMILES string of the molecule is CN1C=CCC(C(=O)OC[C@H]2[C@@H](CO)C[C@H]2n2cnc3cnc(N)nc32)=C1. The standard InChI is InChI=1S/C18H22N6O3/c1-23-4-2-3-11(7-23)17(26)27-9-13-12(8-25)5-15(13)24-10-21-14-6-20-18(19)22-16(14)24/h2,4,6-7,10,12-13,15,25H,3,5,8-9H2,1H3,(H2,19,20,22)/t12-,13+,15-/m1/s1. The fourth-order valence-electron chi connectivity index (χ4n) is 3.73. The summed E-state index contributed by atoms with van der Waals surface area (Å²) < 4.78 is 7.50. The average molecular weight is 370 g/mol. The Morgan fingerprint density at radius 1 is 1.44 bits per heavy atom. The smallest absolute Gasteiger partial charge is 0.335 e. The minimum atomic E-state index is -0.324. The monoisotopic (exact) mass is 370 g/mol. The van der Waals surface area contributed by atoms with E-state index in [1.54, 1.807) is 18.7 Å². The summed E-state index contributed by atoms with van der Waals surface area (Å²) in [6, 6.07) is 0.0390. The van der Waals surface area contributed by atoms with Crippen LogP contribution < -0.4 is 5.73 Å². The molecule has 0 unspecified atom stereocenters. The number of esters is 1. The molecule has 3 atom stereocenters. The van der Waals surface area contributed by atoms with Crippen molar-refractivity contribution in [3.63, 3.8) is 0 Å². The Hall–Kier alpha value is -2.94. The first kappa shape index (κ1) is 17.5. The van der Waals surface area contributed by atoms with E-state index in [4.69, 9.17) is 10.5 Å². The maximum atomic E-state index is 12.4. The molecule has 0 saturated heterocycles. The first-order valence-electron chi connectivity index (χ1n) is 8.89. The van der Waals surface area contributed by atoms with Crippen molar-refractivity contribution in [2.45, 2.75) is 18.9 Å². The number of nitrogens with two attached hydrogens (primary N) is 1. The van der Waals surface area contributed by atoms with Gasteiger partial charge < -0.3 is 25.0 Å². The number of carbonyl (C=O) groups is 1. The molecule has 1 fully saturated rings. The molecule has 4 rings (SSSR count). The molecular formula is C18H22N6O3. The summed E-state index contributed by atoms with van der Waals surface area (Å²) in [7, 11) is 1.87. The number of nitrogens with zero attached hydrogens (tertiary/aromatic N) is 5. The summed E-state index contributed by atoms with van der Waals surface area (Å²) in [4.78, 5) is 26.7. The Labute approximate surface area is 156 Å². The van der Waals surface area contributed by atoms with Crippen LogP contribution in [-0.2, 0) is 9.53 Å². The molecule has 1 saturated carbocycles. The van der Waals surface area contributed by atoms with E-state index in [-0.39, 0.29) is 43.0 Å². The number of nitrogen functional groups attached to an aromatic ring is 1. The topological polar surface area (TPSA) is 119 Å². The number of allylic oxidation sites excluding steroid dienone is 1. The van der Waals surface area contributed by atoms with Gasteiger partial charge in [0.25, 0.3) is 0 Å². The zero-order valence-electron chi connectivity index (χ0n) is 15.0. The van der Waals surface area contributed by atoms with Crippen LogP contribution in [0.4, 0.5) is 5.95 Å². The second kappa shape index (κ2) is 6.99. The highest BCUT2D eigenvalue weighted by Crippen LogP contribution is 2.45. The summed E-state index contributed by atoms with van der Waals surface area (Å²) in [5.74, 6) is -0.0744. The van der Waals surface area contributed by atoms with Crippen molar-refractivity contribution in [1.29, 1.82) is 0 Å². The lowest BCUT2D eigenvalue weighted by Gasteiger charge is -2.44. The minimum absolute atomic E-state index is 0.00926. The van der Waals surface area contributed by atoms with Gasteiger partial charge in [-0.1, -0.05) is 6.08 Å². The molecule has 1 aliphatic heterocycles. The van der Waals surface area contributed by atoms with E-state index < -0.39 is 0 Å². The van der Waals surface area contributed by atoms with Gasteiger partial charge in [-0.3, -0.25) is 0 Å². The van der Waals surface area contributed by atoms with Gasteiger partial charge in [-0.15, -0.1) is 0 Å². The van der Waals surface area contributed by atoms with Gasteiger partial charge in [0.05, 0.1) is 24.7 Å². The van der Waals surface area contributed by atoms with E-state index in [0.29, 0.717) is 23.2 Å². The summed E-state index contributed by atoms with van der Waals surface area (Å²) in [6.07, 6.45) is 10.2. The number of imidazole rings is 1. The molecule has 9 nitrogen and oxygen atoms in total. The quantitative estimate of drug-likeness (QED) is 0.744. The number of aliphatic hydroxyl groups is 1. The van der Waals surface area contributed by atoms with Crippen molar-refractivity contribution in [2.24, 2.45) is 11.8 Å². The summed E-state index contributed by atoms with van der Waals surface area (Å²) >= 11 is 0. The third-order valence-corrected chi connectivity index (χ3v) is 5.28. The van der Waals surface area contributed by atoms with Crippen LogP contribution in [0.3, 0.4) is 0 Å². The highest BCUT2D eigenvalue weighted by molar-refractivity contribution is 5.88. The maximum Gasteiger partial charge on any atom is 0.335 e. The Morgan fingerprint density at radius 3 is 3.07 bits per heavy atom. The second-order valence-corrected chi connectivity index (χ2v) is 7.01. The van der Waals surface area contributed by atoms with Crippen molar-refractivity contribution in [3.8, 4) is 0 Å². The molecule has 142 valence electrons. The number of fused-ring (bicyclic) bond motifs is 1. The third-order valence-electron chi connectivity index (χ3n) is 5.28. The molecule has 0 spiro atoms.